The Morgan fingerprint density at radius 2 is 2.00 bits per heavy atom. The van der Waals surface area contributed by atoms with Gasteiger partial charge >= 0.3 is 0 Å². The fraction of sp³-hybridized carbons (Fsp3) is 0.357. The van der Waals surface area contributed by atoms with Gasteiger partial charge in [-0.2, -0.15) is 4.31 Å². The summed E-state index contributed by atoms with van der Waals surface area (Å²) >= 11 is 5.84. The van der Waals surface area contributed by atoms with Crippen LogP contribution in [0.3, 0.4) is 0 Å². The van der Waals surface area contributed by atoms with E-state index in [9.17, 15) is 8.42 Å². The maximum atomic E-state index is 12.7. The van der Waals surface area contributed by atoms with E-state index in [1.807, 2.05) is 0 Å². The molecule has 7 heteroatoms. The van der Waals surface area contributed by atoms with Gasteiger partial charge in [0.05, 0.1) is 17.0 Å². The summed E-state index contributed by atoms with van der Waals surface area (Å²) in [7, 11) is -3.49. The summed E-state index contributed by atoms with van der Waals surface area (Å²) in [5.41, 5.74) is 0.681. The van der Waals surface area contributed by atoms with Gasteiger partial charge in [0.2, 0.25) is 10.0 Å². The maximum absolute atomic E-state index is 12.7. The number of hydrogen-bond acceptors (Lipinski definition) is 4. The van der Waals surface area contributed by atoms with Crippen LogP contribution in [-0.2, 0) is 14.8 Å². The van der Waals surface area contributed by atoms with Crippen molar-refractivity contribution in [3.8, 4) is 0 Å². The summed E-state index contributed by atoms with van der Waals surface area (Å²) in [6, 6.07) is 8.32. The van der Waals surface area contributed by atoms with Crippen molar-refractivity contribution in [3.63, 3.8) is 0 Å². The molecule has 1 saturated heterocycles. The molecule has 21 heavy (non-hydrogen) atoms. The molecule has 0 saturated carbocycles. The van der Waals surface area contributed by atoms with Crippen LogP contribution in [0.4, 0.5) is 0 Å². The lowest BCUT2D eigenvalue weighted by Crippen LogP contribution is -2.33. The minimum absolute atomic E-state index is 0.279. The van der Waals surface area contributed by atoms with Gasteiger partial charge in [-0.15, -0.1) is 0 Å². The largest absolute Gasteiger partial charge is 0.380 e. The van der Waals surface area contributed by atoms with Crippen molar-refractivity contribution in [1.82, 2.24) is 9.29 Å². The Labute approximate surface area is 128 Å². The standard InChI is InChI=1S/C14H15ClN2O3S/c15-14-5-2-11-10-12(3-4-13(11)16-14)21(18,19)17-6-1-8-20-9-7-17/h2-5,10H,1,6-9H2. The van der Waals surface area contributed by atoms with Crippen molar-refractivity contribution >= 4 is 32.5 Å². The number of halogens is 1. The van der Waals surface area contributed by atoms with Crippen LogP contribution in [0.1, 0.15) is 6.42 Å². The average Bonchev–Trinajstić information content (AvgIpc) is 2.76. The topological polar surface area (TPSA) is 59.5 Å². The molecule has 1 aliphatic rings. The highest BCUT2D eigenvalue weighted by Gasteiger charge is 2.25. The molecule has 1 fully saturated rings. The lowest BCUT2D eigenvalue weighted by molar-refractivity contribution is 0.148. The van der Waals surface area contributed by atoms with Gasteiger partial charge in [0.1, 0.15) is 5.15 Å². The molecule has 2 aromatic rings. The molecule has 112 valence electrons. The predicted molar refractivity (Wildman–Crippen MR) is 80.9 cm³/mol. The zero-order chi connectivity index (χ0) is 14.9. The van der Waals surface area contributed by atoms with E-state index >= 15 is 0 Å². The Morgan fingerprint density at radius 3 is 2.86 bits per heavy atom. The van der Waals surface area contributed by atoms with Crippen molar-refractivity contribution in [3.05, 3.63) is 35.5 Å². The number of hydrogen-bond donors (Lipinski definition) is 0. The molecule has 3 rings (SSSR count). The minimum Gasteiger partial charge on any atom is -0.380 e. The lowest BCUT2D eigenvalue weighted by Gasteiger charge is -2.19. The van der Waals surface area contributed by atoms with E-state index in [-0.39, 0.29) is 4.90 Å². The first-order valence-corrected chi connectivity index (χ1v) is 8.53. The highest BCUT2D eigenvalue weighted by molar-refractivity contribution is 7.89. The Kier molecular flexibility index (Phi) is 4.12. The number of sulfonamides is 1. The van der Waals surface area contributed by atoms with E-state index in [1.54, 1.807) is 30.3 Å². The Bertz CT molecular complexity index is 756. The third-order valence-corrected chi connectivity index (χ3v) is 5.55. The van der Waals surface area contributed by atoms with E-state index in [2.05, 4.69) is 4.98 Å². The Balaban J connectivity index is 1.99. The van der Waals surface area contributed by atoms with Gasteiger partial charge in [-0.3, -0.25) is 0 Å². The van der Waals surface area contributed by atoms with Crippen molar-refractivity contribution in [1.29, 1.82) is 0 Å². The third kappa shape index (κ3) is 3.03. The van der Waals surface area contributed by atoms with Crippen molar-refractivity contribution in [2.45, 2.75) is 11.3 Å². The van der Waals surface area contributed by atoms with Crippen molar-refractivity contribution in [2.75, 3.05) is 26.3 Å². The van der Waals surface area contributed by atoms with E-state index in [4.69, 9.17) is 16.3 Å². The molecule has 1 aliphatic heterocycles. The monoisotopic (exact) mass is 326 g/mol. The van der Waals surface area contributed by atoms with Gasteiger partial charge in [-0.05, 0) is 36.8 Å². The third-order valence-electron chi connectivity index (χ3n) is 3.45. The van der Waals surface area contributed by atoms with Gasteiger partial charge < -0.3 is 4.74 Å². The highest BCUT2D eigenvalue weighted by atomic mass is 35.5. The van der Waals surface area contributed by atoms with E-state index in [0.717, 1.165) is 5.39 Å². The van der Waals surface area contributed by atoms with E-state index in [0.29, 0.717) is 43.4 Å². The molecular formula is C14H15ClN2O3S. The Morgan fingerprint density at radius 1 is 1.14 bits per heavy atom. The van der Waals surface area contributed by atoms with Crippen molar-refractivity contribution in [2.24, 2.45) is 0 Å². The molecule has 5 nitrogen and oxygen atoms in total. The van der Waals surface area contributed by atoms with Crippen LogP contribution in [0, 0.1) is 0 Å². The molecule has 0 atom stereocenters. The predicted octanol–water partition coefficient (Wildman–Crippen LogP) is 2.30. The number of benzene rings is 1. The molecule has 1 aromatic heterocycles. The first-order chi connectivity index (χ1) is 10.1. The summed E-state index contributed by atoms with van der Waals surface area (Å²) in [6.45, 7) is 1.91. The zero-order valence-electron chi connectivity index (χ0n) is 11.3. The van der Waals surface area contributed by atoms with Gasteiger partial charge in [-0.1, -0.05) is 11.6 Å². The smallest absolute Gasteiger partial charge is 0.243 e. The SMILES string of the molecule is O=S(=O)(c1ccc2nc(Cl)ccc2c1)N1CCCOCC1. The molecule has 0 unspecified atom stereocenters. The summed E-state index contributed by atoms with van der Waals surface area (Å²) in [5.74, 6) is 0. The maximum Gasteiger partial charge on any atom is 0.243 e. The number of pyridine rings is 1. The van der Waals surface area contributed by atoms with Crippen molar-refractivity contribution < 1.29 is 13.2 Å². The first-order valence-electron chi connectivity index (χ1n) is 6.71. The van der Waals surface area contributed by atoms with Crippen LogP contribution in [0.5, 0.6) is 0 Å². The second-order valence-corrected chi connectivity index (χ2v) is 7.18. The zero-order valence-corrected chi connectivity index (χ0v) is 12.9. The highest BCUT2D eigenvalue weighted by Crippen LogP contribution is 2.23. The number of aromatic nitrogens is 1. The fourth-order valence-electron chi connectivity index (χ4n) is 2.35. The molecule has 0 N–H and O–H groups in total. The molecule has 1 aromatic carbocycles. The number of fused-ring (bicyclic) bond motifs is 1. The number of rotatable bonds is 2. The molecule has 0 amide bonds. The molecule has 0 aliphatic carbocycles. The molecular weight excluding hydrogens is 312 g/mol. The van der Waals surface area contributed by atoms with Crippen LogP contribution in [0.15, 0.2) is 35.2 Å². The van der Waals surface area contributed by atoms with Crippen LogP contribution in [0.2, 0.25) is 5.15 Å². The summed E-state index contributed by atoms with van der Waals surface area (Å²) in [5, 5.41) is 1.15. The minimum atomic E-state index is -3.49. The first kappa shape index (κ1) is 14.7. The molecule has 0 spiro atoms. The second kappa shape index (κ2) is 5.88. The Hall–Kier alpha value is -1.21. The number of ether oxygens (including phenoxy) is 1. The average molecular weight is 327 g/mol. The number of nitrogens with zero attached hydrogens (tertiary/aromatic N) is 2. The van der Waals surface area contributed by atoms with E-state index < -0.39 is 10.0 Å². The van der Waals surface area contributed by atoms with E-state index in [1.165, 1.54) is 4.31 Å². The summed E-state index contributed by atoms with van der Waals surface area (Å²) in [4.78, 5) is 4.44. The van der Waals surface area contributed by atoms with Gasteiger partial charge in [0, 0.05) is 25.1 Å². The van der Waals surface area contributed by atoms with Crippen LogP contribution >= 0.6 is 11.6 Å². The fourth-order valence-corrected chi connectivity index (χ4v) is 4.00. The van der Waals surface area contributed by atoms with Crippen LogP contribution in [-0.4, -0.2) is 44.0 Å². The lowest BCUT2D eigenvalue weighted by atomic mass is 10.2. The summed E-state index contributed by atoms with van der Waals surface area (Å²) < 4.78 is 32.1. The molecule has 0 bridgehead atoms. The normalized spacial score (nSPS) is 17.8. The van der Waals surface area contributed by atoms with Gasteiger partial charge in [0.25, 0.3) is 0 Å². The van der Waals surface area contributed by atoms with Crippen LogP contribution < -0.4 is 0 Å². The van der Waals surface area contributed by atoms with Gasteiger partial charge in [0.15, 0.2) is 0 Å². The quantitative estimate of drug-likeness (QED) is 0.795. The molecule has 0 radical (unpaired) electrons. The van der Waals surface area contributed by atoms with Gasteiger partial charge in [-0.25, -0.2) is 13.4 Å². The van der Waals surface area contributed by atoms with Crippen LogP contribution in [0.25, 0.3) is 10.9 Å². The molecule has 2 heterocycles. The second-order valence-electron chi connectivity index (χ2n) is 4.86. The summed E-state index contributed by atoms with van der Waals surface area (Å²) in [6.07, 6.45) is 0.712.